The Balaban J connectivity index is 5.27. The molecule has 0 saturated heterocycles. The number of nitrogens with zero attached hydrogens (tertiary/aromatic N) is 3. The van der Waals surface area contributed by atoms with Gasteiger partial charge in [-0.15, -0.1) is 0 Å². The minimum absolute atomic E-state index is 0.0347. The predicted octanol–water partition coefficient (Wildman–Crippen LogP) is 2.11. The molecule has 0 atom stereocenters. The summed E-state index contributed by atoms with van der Waals surface area (Å²) in [6.07, 6.45) is 0.878. The lowest BCUT2D eigenvalue weighted by Gasteiger charge is -2.53. The average Bonchev–Trinajstić information content (AvgIpc) is 2.29. The van der Waals surface area contributed by atoms with Crippen molar-refractivity contribution in [2.75, 3.05) is 40.3 Å². The third-order valence-corrected chi connectivity index (χ3v) is 3.59. The highest BCUT2D eigenvalue weighted by molar-refractivity contribution is 4.88. The molecule has 16 heavy (non-hydrogen) atoms. The van der Waals surface area contributed by atoms with Crippen LogP contribution in [0.1, 0.15) is 34.1 Å². The molecule has 0 saturated carbocycles. The van der Waals surface area contributed by atoms with E-state index in [2.05, 4.69) is 63.4 Å². The second kappa shape index (κ2) is 7.25. The van der Waals surface area contributed by atoms with Crippen LogP contribution in [0.4, 0.5) is 0 Å². The van der Waals surface area contributed by atoms with Crippen LogP contribution >= 0.6 is 0 Å². The Hall–Kier alpha value is -0.120. The summed E-state index contributed by atoms with van der Waals surface area (Å²) in [7, 11) is 4.31. The van der Waals surface area contributed by atoms with Crippen LogP contribution < -0.4 is 0 Å². The van der Waals surface area contributed by atoms with Crippen LogP contribution in [0.5, 0.6) is 0 Å². The maximum atomic E-state index is 4.19. The molecule has 0 heterocycles. The van der Waals surface area contributed by atoms with E-state index >= 15 is 0 Å². The summed E-state index contributed by atoms with van der Waals surface area (Å²) in [5.74, 6) is -0.0347. The van der Waals surface area contributed by atoms with Crippen LogP contribution in [-0.4, -0.2) is 60.8 Å². The maximum absolute atomic E-state index is 4.19. The van der Waals surface area contributed by atoms with Crippen molar-refractivity contribution < 1.29 is 0 Å². The molecule has 0 unspecified atom stereocenters. The highest BCUT2D eigenvalue weighted by atomic mass is 15.5. The van der Waals surface area contributed by atoms with Gasteiger partial charge >= 0.3 is 0 Å². The van der Waals surface area contributed by atoms with E-state index in [1.807, 2.05) is 0 Å². The lowest BCUT2D eigenvalue weighted by atomic mass is 10.1. The average molecular weight is 228 g/mol. The Kier molecular flexibility index (Phi) is 7.20. The first-order valence-electron chi connectivity index (χ1n) is 6.51. The van der Waals surface area contributed by atoms with Crippen LogP contribution in [0.15, 0.2) is 0 Å². The third kappa shape index (κ3) is 2.76. The van der Waals surface area contributed by atoms with Gasteiger partial charge in [-0.05, 0) is 53.6 Å². The van der Waals surface area contributed by atoms with Gasteiger partial charge in [0.25, 0.3) is 0 Å². The van der Waals surface area contributed by atoms with Crippen molar-refractivity contribution in [2.45, 2.75) is 39.9 Å². The summed E-state index contributed by atoms with van der Waals surface area (Å²) in [5, 5.41) is 0. The zero-order valence-corrected chi connectivity index (χ0v) is 12.1. The summed E-state index contributed by atoms with van der Waals surface area (Å²) < 4.78 is 0. The van der Waals surface area contributed by atoms with Crippen molar-refractivity contribution in [3.05, 3.63) is 6.92 Å². The molecule has 0 aromatic carbocycles. The van der Waals surface area contributed by atoms with E-state index < -0.39 is 0 Å². The minimum Gasteiger partial charge on any atom is -0.279 e. The molecule has 0 aliphatic rings. The highest BCUT2D eigenvalue weighted by Gasteiger charge is 2.40. The molecular weight excluding hydrogens is 198 g/mol. The van der Waals surface area contributed by atoms with Crippen molar-refractivity contribution in [3.63, 3.8) is 0 Å². The highest BCUT2D eigenvalue weighted by Crippen LogP contribution is 2.26. The normalized spacial score (nSPS) is 13.1. The van der Waals surface area contributed by atoms with Crippen LogP contribution in [-0.2, 0) is 0 Å². The molecule has 0 aromatic heterocycles. The van der Waals surface area contributed by atoms with Gasteiger partial charge in [0, 0.05) is 0 Å². The molecule has 3 heteroatoms. The van der Waals surface area contributed by atoms with Gasteiger partial charge in [0.15, 0.2) is 0 Å². The van der Waals surface area contributed by atoms with Gasteiger partial charge in [0.05, 0.1) is 0 Å². The van der Waals surface area contributed by atoms with Gasteiger partial charge in [-0.2, -0.15) is 0 Å². The van der Waals surface area contributed by atoms with Crippen LogP contribution in [0.25, 0.3) is 0 Å². The largest absolute Gasteiger partial charge is 0.279 e. The summed E-state index contributed by atoms with van der Waals surface area (Å²) in [4.78, 5) is 7.29. The second-order valence-corrected chi connectivity index (χ2v) is 4.26. The van der Waals surface area contributed by atoms with E-state index in [-0.39, 0.29) is 5.79 Å². The molecule has 0 aliphatic carbocycles. The van der Waals surface area contributed by atoms with E-state index in [9.17, 15) is 0 Å². The zero-order valence-electron chi connectivity index (χ0n) is 12.1. The summed E-state index contributed by atoms with van der Waals surface area (Å²) in [5.41, 5.74) is 0. The Morgan fingerprint density at radius 3 is 1.25 bits per heavy atom. The zero-order chi connectivity index (χ0) is 12.8. The number of hydrogen-bond acceptors (Lipinski definition) is 3. The second-order valence-electron chi connectivity index (χ2n) is 4.26. The molecule has 0 aliphatic heterocycles. The Labute approximate surface area is 102 Å². The van der Waals surface area contributed by atoms with Gasteiger partial charge in [0.1, 0.15) is 5.79 Å². The smallest absolute Gasteiger partial charge is 0.130 e. The van der Waals surface area contributed by atoms with Gasteiger partial charge in [-0.3, -0.25) is 14.7 Å². The van der Waals surface area contributed by atoms with Crippen molar-refractivity contribution in [3.8, 4) is 0 Å². The van der Waals surface area contributed by atoms with E-state index in [1.54, 1.807) is 0 Å². The first-order chi connectivity index (χ1) is 7.54. The monoisotopic (exact) mass is 228 g/mol. The first-order valence-corrected chi connectivity index (χ1v) is 6.51. The fraction of sp³-hybridized carbons (Fsp3) is 0.923. The van der Waals surface area contributed by atoms with Crippen LogP contribution in [0, 0.1) is 6.92 Å². The maximum Gasteiger partial charge on any atom is 0.130 e. The van der Waals surface area contributed by atoms with Crippen molar-refractivity contribution in [2.24, 2.45) is 0 Å². The van der Waals surface area contributed by atoms with Crippen molar-refractivity contribution >= 4 is 0 Å². The fourth-order valence-electron chi connectivity index (χ4n) is 2.77. The molecule has 0 rings (SSSR count). The Morgan fingerprint density at radius 2 is 1.12 bits per heavy atom. The minimum atomic E-state index is -0.0347. The molecular formula is C13H30N3. The molecule has 0 aromatic rings. The van der Waals surface area contributed by atoms with Gasteiger partial charge in [-0.25, -0.2) is 0 Å². The van der Waals surface area contributed by atoms with E-state index in [1.165, 1.54) is 0 Å². The summed E-state index contributed by atoms with van der Waals surface area (Å²) in [6, 6.07) is 0. The Morgan fingerprint density at radius 1 is 0.812 bits per heavy atom. The van der Waals surface area contributed by atoms with E-state index in [0.717, 1.165) is 32.6 Å². The van der Waals surface area contributed by atoms with Crippen LogP contribution in [0.2, 0.25) is 0 Å². The molecule has 0 N–H and O–H groups in total. The van der Waals surface area contributed by atoms with Gasteiger partial charge in [-0.1, -0.05) is 27.7 Å². The molecule has 1 radical (unpaired) electrons. The van der Waals surface area contributed by atoms with E-state index in [0.29, 0.717) is 0 Å². The predicted molar refractivity (Wildman–Crippen MR) is 72.2 cm³/mol. The van der Waals surface area contributed by atoms with Crippen molar-refractivity contribution in [1.82, 2.24) is 14.7 Å². The quantitative estimate of drug-likeness (QED) is 0.589. The van der Waals surface area contributed by atoms with Crippen LogP contribution in [0.3, 0.4) is 0 Å². The first kappa shape index (κ1) is 15.9. The lowest BCUT2D eigenvalue weighted by Crippen LogP contribution is -2.67. The Bertz CT molecular complexity index is 160. The molecule has 3 nitrogen and oxygen atoms in total. The summed E-state index contributed by atoms with van der Waals surface area (Å²) >= 11 is 0. The molecule has 97 valence electrons. The lowest BCUT2D eigenvalue weighted by molar-refractivity contribution is -0.144. The van der Waals surface area contributed by atoms with Gasteiger partial charge < -0.3 is 0 Å². The van der Waals surface area contributed by atoms with Gasteiger partial charge in [0.2, 0.25) is 0 Å². The molecule has 0 bridgehead atoms. The number of rotatable bonds is 8. The standard InChI is InChI=1S/C13H30N3/c1-8-13(14(6)7,15(9-2)10-3)16(11-4)12-5/h1,8-12H2,2-7H3. The number of hydrogen-bond donors (Lipinski definition) is 0. The van der Waals surface area contributed by atoms with Crippen molar-refractivity contribution in [1.29, 1.82) is 0 Å². The topological polar surface area (TPSA) is 9.72 Å². The third-order valence-electron chi connectivity index (χ3n) is 3.59. The molecule has 0 spiro atoms. The summed E-state index contributed by atoms with van der Waals surface area (Å²) in [6.45, 7) is 17.3. The van der Waals surface area contributed by atoms with E-state index in [4.69, 9.17) is 0 Å². The SMILES string of the molecule is [CH2]CC(N(C)C)(N(CC)CC)N(CC)CC. The molecule has 0 fully saturated rings. The fourth-order valence-corrected chi connectivity index (χ4v) is 2.77. The molecule has 0 amide bonds.